The fourth-order valence-corrected chi connectivity index (χ4v) is 9.09. The lowest BCUT2D eigenvalue weighted by Gasteiger charge is -2.50. The zero-order valence-electron chi connectivity index (χ0n) is 19.1. The van der Waals surface area contributed by atoms with Crippen LogP contribution in [0.2, 0.25) is 0 Å². The third-order valence-corrected chi connectivity index (χ3v) is 10.5. The summed E-state index contributed by atoms with van der Waals surface area (Å²) in [6.45, 7) is 0. The Morgan fingerprint density at radius 1 is 0.361 bits per heavy atom. The molecule has 168 valence electrons. The third-order valence-electron chi connectivity index (χ3n) is 9.11. The summed E-state index contributed by atoms with van der Waals surface area (Å²) in [4.78, 5) is 0. The van der Waals surface area contributed by atoms with E-state index in [9.17, 15) is 0 Å². The van der Waals surface area contributed by atoms with Crippen molar-refractivity contribution in [3.8, 4) is 11.1 Å². The van der Waals surface area contributed by atoms with E-state index in [1.807, 2.05) is 0 Å². The summed E-state index contributed by atoms with van der Waals surface area (Å²) in [5.41, 5.74) is 10.5. The fraction of sp³-hybridized carbons (Fsp3) is 0.0588. The second-order valence-corrected chi connectivity index (χ2v) is 11.9. The van der Waals surface area contributed by atoms with Gasteiger partial charge in [0.25, 0.3) is 0 Å². The predicted octanol–water partition coefficient (Wildman–Crippen LogP) is 9.49. The molecule has 36 heavy (non-hydrogen) atoms. The molecular weight excluding hydrogens is 568 g/mol. The molecule has 0 aliphatic heterocycles. The van der Waals surface area contributed by atoms with Crippen molar-refractivity contribution in [2.24, 2.45) is 0 Å². The molecule has 2 unspecified atom stereocenters. The first-order valence-corrected chi connectivity index (χ1v) is 13.9. The van der Waals surface area contributed by atoms with Crippen LogP contribution in [0.4, 0.5) is 0 Å². The minimum Gasteiger partial charge on any atom is -0.0619 e. The summed E-state index contributed by atoms with van der Waals surface area (Å²) in [7, 11) is 0. The maximum Gasteiger partial charge on any atom is 0.0648 e. The lowest BCUT2D eigenvalue weighted by Crippen LogP contribution is -2.48. The Morgan fingerprint density at radius 3 is 1.22 bits per heavy atom. The Labute approximate surface area is 225 Å². The van der Waals surface area contributed by atoms with E-state index in [4.69, 9.17) is 0 Å². The molecule has 0 heterocycles. The average molecular weight is 586 g/mol. The Hall–Kier alpha value is -3.20. The molecule has 6 aromatic carbocycles. The van der Waals surface area contributed by atoms with Crippen molar-refractivity contribution in [2.45, 2.75) is 10.8 Å². The summed E-state index contributed by atoms with van der Waals surface area (Å²) < 4.78 is 2.31. The predicted molar refractivity (Wildman–Crippen MR) is 155 cm³/mol. The van der Waals surface area contributed by atoms with Crippen molar-refractivity contribution in [3.63, 3.8) is 0 Å². The second-order valence-electron chi connectivity index (χ2n) is 10.2. The normalized spacial score (nSPS) is 21.8. The van der Waals surface area contributed by atoms with Crippen molar-refractivity contribution in [1.82, 2.24) is 0 Å². The highest BCUT2D eigenvalue weighted by molar-refractivity contribution is 9.11. The van der Waals surface area contributed by atoms with Crippen molar-refractivity contribution >= 4 is 53.4 Å². The maximum atomic E-state index is 3.90. The van der Waals surface area contributed by atoms with Crippen molar-refractivity contribution < 1.29 is 0 Å². The molecule has 3 aliphatic carbocycles. The van der Waals surface area contributed by atoms with Crippen LogP contribution < -0.4 is 0 Å². The van der Waals surface area contributed by atoms with E-state index in [-0.39, 0.29) is 10.8 Å². The molecule has 0 saturated heterocycles. The lowest BCUT2D eigenvalue weighted by molar-refractivity contribution is 0.461. The summed E-state index contributed by atoms with van der Waals surface area (Å²) in [5, 5.41) is 5.37. The molecule has 0 saturated carbocycles. The molecular formula is C34H18Br2. The summed E-state index contributed by atoms with van der Waals surface area (Å²) >= 11 is 7.79. The van der Waals surface area contributed by atoms with Crippen LogP contribution in [0.5, 0.6) is 0 Å². The van der Waals surface area contributed by atoms with Crippen LogP contribution in [-0.2, 0) is 10.8 Å². The molecule has 2 heteroatoms. The Bertz CT molecular complexity index is 1810. The minimum atomic E-state index is -0.344. The molecule has 9 rings (SSSR count). The number of fused-ring (bicyclic) bond motifs is 3. The number of rotatable bonds is 0. The maximum absolute atomic E-state index is 3.90. The van der Waals surface area contributed by atoms with Gasteiger partial charge in [0.05, 0.1) is 10.8 Å². The smallest absolute Gasteiger partial charge is 0.0619 e. The van der Waals surface area contributed by atoms with Crippen LogP contribution in [0.1, 0.15) is 33.4 Å². The Balaban J connectivity index is 1.67. The first-order chi connectivity index (χ1) is 17.7. The number of hydrogen-bond donors (Lipinski definition) is 0. The molecule has 0 amide bonds. The lowest BCUT2D eigenvalue weighted by atomic mass is 9.50. The topological polar surface area (TPSA) is 0 Å². The van der Waals surface area contributed by atoms with Crippen LogP contribution >= 0.6 is 31.9 Å². The molecule has 0 fully saturated rings. The van der Waals surface area contributed by atoms with Gasteiger partial charge in [0.1, 0.15) is 0 Å². The van der Waals surface area contributed by atoms with Gasteiger partial charge in [-0.05, 0) is 78.2 Å². The standard InChI is InChI=1S/C34H18Br2/c35-29-17-15-27-32-22(29)10-6-14-26(32)34-24-12-4-2-8-20(24)19-7-1-3-11-23(19)33(27,34)25-13-5-9-21-30(36)18-16-28(34)31(21)25/h1-18H. The van der Waals surface area contributed by atoms with Gasteiger partial charge in [0.2, 0.25) is 0 Å². The molecule has 0 spiro atoms. The van der Waals surface area contributed by atoms with Crippen molar-refractivity contribution in [1.29, 1.82) is 0 Å². The molecule has 0 nitrogen and oxygen atoms in total. The van der Waals surface area contributed by atoms with Gasteiger partial charge in [0.15, 0.2) is 0 Å². The van der Waals surface area contributed by atoms with Gasteiger partial charge >= 0.3 is 0 Å². The number of hydrogen-bond acceptors (Lipinski definition) is 0. The first kappa shape index (κ1) is 19.9. The first-order valence-electron chi connectivity index (χ1n) is 12.3. The zero-order chi connectivity index (χ0) is 23.8. The zero-order valence-corrected chi connectivity index (χ0v) is 22.3. The van der Waals surface area contributed by atoms with Gasteiger partial charge in [-0.15, -0.1) is 0 Å². The second kappa shape index (κ2) is 6.37. The van der Waals surface area contributed by atoms with Crippen molar-refractivity contribution in [2.75, 3.05) is 0 Å². The molecule has 0 radical (unpaired) electrons. The van der Waals surface area contributed by atoms with Crippen LogP contribution in [0, 0.1) is 0 Å². The Morgan fingerprint density at radius 2 is 0.750 bits per heavy atom. The quantitative estimate of drug-likeness (QED) is 0.166. The van der Waals surface area contributed by atoms with Crippen LogP contribution in [0.15, 0.2) is 118 Å². The van der Waals surface area contributed by atoms with Gasteiger partial charge in [-0.25, -0.2) is 0 Å². The van der Waals surface area contributed by atoms with Crippen molar-refractivity contribution in [3.05, 3.63) is 152 Å². The third kappa shape index (κ3) is 1.84. The van der Waals surface area contributed by atoms with Crippen LogP contribution in [0.3, 0.4) is 0 Å². The fourth-order valence-electron chi connectivity index (χ4n) is 8.16. The summed E-state index contributed by atoms with van der Waals surface area (Å²) in [6, 6.07) is 41.4. The number of benzene rings is 6. The highest BCUT2D eigenvalue weighted by atomic mass is 79.9. The van der Waals surface area contributed by atoms with E-state index in [0.717, 1.165) is 8.95 Å². The van der Waals surface area contributed by atoms with Gasteiger partial charge < -0.3 is 0 Å². The minimum absolute atomic E-state index is 0.344. The van der Waals surface area contributed by atoms with E-state index in [0.29, 0.717) is 0 Å². The largest absolute Gasteiger partial charge is 0.0648 e. The van der Waals surface area contributed by atoms with Gasteiger partial charge in [0, 0.05) is 8.95 Å². The summed E-state index contributed by atoms with van der Waals surface area (Å²) in [5.74, 6) is 0. The van der Waals surface area contributed by atoms with Crippen LogP contribution in [-0.4, -0.2) is 0 Å². The average Bonchev–Trinajstić information content (AvgIpc) is 3.36. The Kier molecular flexibility index (Phi) is 3.53. The molecule has 2 atom stereocenters. The highest BCUT2D eigenvalue weighted by Gasteiger charge is 2.68. The monoisotopic (exact) mass is 584 g/mol. The van der Waals surface area contributed by atoms with Gasteiger partial charge in [-0.2, -0.15) is 0 Å². The summed E-state index contributed by atoms with van der Waals surface area (Å²) in [6.07, 6.45) is 0. The van der Waals surface area contributed by atoms with E-state index in [1.54, 1.807) is 0 Å². The molecule has 0 bridgehead atoms. The van der Waals surface area contributed by atoms with E-state index in [1.165, 1.54) is 66.1 Å². The molecule has 6 aromatic rings. The van der Waals surface area contributed by atoms with Gasteiger partial charge in [-0.3, -0.25) is 0 Å². The van der Waals surface area contributed by atoms with Gasteiger partial charge in [-0.1, -0.05) is 129 Å². The molecule has 3 aliphatic rings. The van der Waals surface area contributed by atoms with E-state index >= 15 is 0 Å². The SMILES string of the molecule is Brc1ccc2c3c(cccc13)C13c4ccccc4-c4ccccc4C21c1cccc2c(Br)ccc3c12. The van der Waals surface area contributed by atoms with E-state index in [2.05, 4.69) is 141 Å². The molecule has 0 aromatic heterocycles. The molecule has 0 N–H and O–H groups in total. The number of halogens is 2. The highest BCUT2D eigenvalue weighted by Crippen LogP contribution is 2.74. The van der Waals surface area contributed by atoms with E-state index < -0.39 is 0 Å². The van der Waals surface area contributed by atoms with Crippen LogP contribution in [0.25, 0.3) is 32.7 Å².